The fourth-order valence-corrected chi connectivity index (χ4v) is 1.86. The minimum Gasteiger partial charge on any atom is -0.0801 e. The van der Waals surface area contributed by atoms with Crippen molar-refractivity contribution in [2.45, 2.75) is 39.5 Å². The second-order valence-corrected chi connectivity index (χ2v) is 3.71. The van der Waals surface area contributed by atoms with Crippen molar-refractivity contribution < 1.29 is 0 Å². The Morgan fingerprint density at radius 3 is 1.75 bits per heavy atom. The van der Waals surface area contributed by atoms with E-state index in [2.05, 4.69) is 26.0 Å². The van der Waals surface area contributed by atoms with E-state index in [4.69, 9.17) is 12.2 Å². The third-order valence-electron chi connectivity index (χ3n) is 2.08. The van der Waals surface area contributed by atoms with Crippen LogP contribution in [0.2, 0.25) is 0 Å². The van der Waals surface area contributed by atoms with Crippen LogP contribution in [0.4, 0.5) is 0 Å². The van der Waals surface area contributed by atoms with Crippen LogP contribution in [0.5, 0.6) is 0 Å². The van der Waals surface area contributed by atoms with Gasteiger partial charge >= 0.3 is 0 Å². The van der Waals surface area contributed by atoms with Crippen LogP contribution in [0.15, 0.2) is 23.3 Å². The van der Waals surface area contributed by atoms with Crippen LogP contribution < -0.4 is 0 Å². The van der Waals surface area contributed by atoms with Gasteiger partial charge in [-0.3, -0.25) is 0 Å². The molecule has 1 aliphatic rings. The third-order valence-corrected chi connectivity index (χ3v) is 2.32. The molecule has 0 nitrogen and oxygen atoms in total. The van der Waals surface area contributed by atoms with E-state index in [9.17, 15) is 0 Å². The molecular weight excluding hydrogens is 164 g/mol. The van der Waals surface area contributed by atoms with E-state index in [1.165, 1.54) is 36.8 Å². The Labute approximate surface area is 80.4 Å². The molecule has 0 spiro atoms. The van der Waals surface area contributed by atoms with Gasteiger partial charge in [0, 0.05) is 4.86 Å². The molecule has 0 atom stereocenters. The summed E-state index contributed by atoms with van der Waals surface area (Å²) in [5.74, 6) is 0. The van der Waals surface area contributed by atoms with E-state index < -0.39 is 0 Å². The van der Waals surface area contributed by atoms with Gasteiger partial charge < -0.3 is 0 Å². The summed E-state index contributed by atoms with van der Waals surface area (Å²) in [7, 11) is 0. The van der Waals surface area contributed by atoms with Crippen molar-refractivity contribution >= 4 is 17.1 Å². The van der Waals surface area contributed by atoms with Gasteiger partial charge in [-0.2, -0.15) is 0 Å². The Bertz CT molecular complexity index is 209. The first-order chi connectivity index (χ1) is 5.77. The van der Waals surface area contributed by atoms with Crippen LogP contribution in [0.1, 0.15) is 39.5 Å². The van der Waals surface area contributed by atoms with Crippen molar-refractivity contribution in [3.63, 3.8) is 0 Å². The lowest BCUT2D eigenvalue weighted by molar-refractivity contribution is 0.858. The fourth-order valence-electron chi connectivity index (χ4n) is 1.57. The molecule has 0 aromatic carbocycles. The molecule has 0 amide bonds. The number of thiocarbonyl (C=S) groups is 1. The van der Waals surface area contributed by atoms with Gasteiger partial charge in [-0.25, -0.2) is 0 Å². The van der Waals surface area contributed by atoms with E-state index in [1.807, 2.05) is 0 Å². The summed E-state index contributed by atoms with van der Waals surface area (Å²) >= 11 is 5.15. The molecule has 0 fully saturated rings. The predicted octanol–water partition coefficient (Wildman–Crippen LogP) is 3.82. The van der Waals surface area contributed by atoms with Gasteiger partial charge in [0.2, 0.25) is 0 Å². The summed E-state index contributed by atoms with van der Waals surface area (Å²) in [6, 6.07) is 0. The van der Waals surface area contributed by atoms with Crippen molar-refractivity contribution in [1.82, 2.24) is 0 Å². The highest BCUT2D eigenvalue weighted by molar-refractivity contribution is 7.81. The molecule has 0 bridgehead atoms. The SMILES string of the molecule is CCCC1=CC(=S)C=C1CCC. The zero-order chi connectivity index (χ0) is 8.97. The average molecular weight is 180 g/mol. The number of hydrogen-bond donors (Lipinski definition) is 0. The van der Waals surface area contributed by atoms with E-state index in [0.29, 0.717) is 0 Å². The molecule has 0 saturated carbocycles. The molecule has 1 rings (SSSR count). The second kappa shape index (κ2) is 4.56. The standard InChI is InChI=1S/C11H16S/c1-3-5-9-7-11(12)8-10(9)6-4-2/h7-8H,3-6H2,1-2H3. The third kappa shape index (κ3) is 2.28. The lowest BCUT2D eigenvalue weighted by Gasteiger charge is -2.04. The molecule has 0 aliphatic heterocycles. The number of allylic oxidation sites excluding steroid dienone is 4. The molecule has 66 valence electrons. The summed E-state index contributed by atoms with van der Waals surface area (Å²) in [6.45, 7) is 4.43. The van der Waals surface area contributed by atoms with Crippen molar-refractivity contribution in [1.29, 1.82) is 0 Å². The summed E-state index contributed by atoms with van der Waals surface area (Å²) in [4.78, 5) is 1.02. The zero-order valence-electron chi connectivity index (χ0n) is 7.89. The van der Waals surface area contributed by atoms with Gasteiger partial charge in [0.05, 0.1) is 0 Å². The fraction of sp³-hybridized carbons (Fsp3) is 0.545. The van der Waals surface area contributed by atoms with Gasteiger partial charge in [0.25, 0.3) is 0 Å². The highest BCUT2D eigenvalue weighted by atomic mass is 32.1. The van der Waals surface area contributed by atoms with Crippen LogP contribution >= 0.6 is 12.2 Å². The Kier molecular flexibility index (Phi) is 3.67. The van der Waals surface area contributed by atoms with Crippen molar-refractivity contribution in [2.75, 3.05) is 0 Å². The van der Waals surface area contributed by atoms with Crippen molar-refractivity contribution in [2.24, 2.45) is 0 Å². The highest BCUT2D eigenvalue weighted by Crippen LogP contribution is 2.25. The molecule has 0 heterocycles. The van der Waals surface area contributed by atoms with E-state index >= 15 is 0 Å². The van der Waals surface area contributed by atoms with E-state index in [0.717, 1.165) is 4.86 Å². The maximum atomic E-state index is 5.15. The molecule has 0 aromatic rings. The summed E-state index contributed by atoms with van der Waals surface area (Å²) < 4.78 is 0. The molecule has 0 radical (unpaired) electrons. The zero-order valence-corrected chi connectivity index (χ0v) is 8.71. The van der Waals surface area contributed by atoms with E-state index in [1.54, 1.807) is 0 Å². The Hall–Kier alpha value is -0.430. The summed E-state index contributed by atoms with van der Waals surface area (Å²) in [5.41, 5.74) is 2.95. The normalized spacial score (nSPS) is 16.3. The Balaban J connectivity index is 2.66. The first kappa shape index (κ1) is 9.66. The summed E-state index contributed by atoms with van der Waals surface area (Å²) in [6.07, 6.45) is 9.12. The Morgan fingerprint density at radius 2 is 1.42 bits per heavy atom. The molecule has 12 heavy (non-hydrogen) atoms. The molecule has 0 N–H and O–H groups in total. The van der Waals surface area contributed by atoms with Gasteiger partial charge in [-0.15, -0.1) is 0 Å². The van der Waals surface area contributed by atoms with Crippen LogP contribution in [0.3, 0.4) is 0 Å². The predicted molar refractivity (Wildman–Crippen MR) is 58.6 cm³/mol. The van der Waals surface area contributed by atoms with Crippen molar-refractivity contribution in [3.8, 4) is 0 Å². The van der Waals surface area contributed by atoms with E-state index in [-0.39, 0.29) is 0 Å². The molecule has 1 heteroatoms. The van der Waals surface area contributed by atoms with Crippen LogP contribution in [-0.4, -0.2) is 4.86 Å². The number of rotatable bonds is 4. The Morgan fingerprint density at radius 1 is 1.00 bits per heavy atom. The van der Waals surface area contributed by atoms with Crippen LogP contribution in [-0.2, 0) is 0 Å². The van der Waals surface area contributed by atoms with Crippen LogP contribution in [0.25, 0.3) is 0 Å². The lowest BCUT2D eigenvalue weighted by atomic mass is 10.0. The molecular formula is C11H16S. The van der Waals surface area contributed by atoms with Crippen molar-refractivity contribution in [3.05, 3.63) is 23.3 Å². The quantitative estimate of drug-likeness (QED) is 0.593. The van der Waals surface area contributed by atoms with Gasteiger partial charge in [0.1, 0.15) is 0 Å². The molecule has 0 saturated heterocycles. The number of hydrogen-bond acceptors (Lipinski definition) is 1. The van der Waals surface area contributed by atoms with Gasteiger partial charge in [-0.1, -0.05) is 38.9 Å². The minimum absolute atomic E-state index is 1.02. The molecule has 1 aliphatic carbocycles. The molecule has 0 unspecified atom stereocenters. The summed E-state index contributed by atoms with van der Waals surface area (Å²) in [5, 5.41) is 0. The lowest BCUT2D eigenvalue weighted by Crippen LogP contribution is -1.85. The van der Waals surface area contributed by atoms with Gasteiger partial charge in [0.15, 0.2) is 0 Å². The van der Waals surface area contributed by atoms with Crippen LogP contribution in [0, 0.1) is 0 Å². The first-order valence-electron chi connectivity index (χ1n) is 4.73. The smallest absolute Gasteiger partial charge is 0.0382 e. The topological polar surface area (TPSA) is 0 Å². The maximum Gasteiger partial charge on any atom is 0.0382 e. The maximum absolute atomic E-state index is 5.15. The van der Waals surface area contributed by atoms with Gasteiger partial charge in [-0.05, 0) is 36.1 Å². The minimum atomic E-state index is 1.02. The highest BCUT2D eigenvalue weighted by Gasteiger charge is 2.10. The molecule has 0 aromatic heterocycles. The monoisotopic (exact) mass is 180 g/mol. The largest absolute Gasteiger partial charge is 0.0801 e. The average Bonchev–Trinajstić information content (AvgIpc) is 2.33. The first-order valence-corrected chi connectivity index (χ1v) is 5.14. The second-order valence-electron chi connectivity index (χ2n) is 3.24.